The second-order valence-electron chi connectivity index (χ2n) is 12.1. The number of benzene rings is 1. The number of aryl methyl sites for hydroxylation is 1. The quantitative estimate of drug-likeness (QED) is 0.364. The van der Waals surface area contributed by atoms with Gasteiger partial charge in [-0.05, 0) is 92.8 Å². The zero-order chi connectivity index (χ0) is 33.7. The van der Waals surface area contributed by atoms with Crippen molar-refractivity contribution in [2.75, 3.05) is 13.3 Å². The van der Waals surface area contributed by atoms with Gasteiger partial charge in [0.05, 0.1) is 10.5 Å². The number of hydrogen-bond acceptors (Lipinski definition) is 7. The van der Waals surface area contributed by atoms with Crippen LogP contribution < -0.4 is 0 Å². The van der Waals surface area contributed by atoms with Gasteiger partial charge in [0.15, 0.2) is 15.7 Å². The van der Waals surface area contributed by atoms with E-state index in [0.717, 1.165) is 49.5 Å². The van der Waals surface area contributed by atoms with Gasteiger partial charge in [0.2, 0.25) is 0 Å². The largest absolute Gasteiger partial charge is 0.490 e. The number of fused-ring (bicyclic) bond motifs is 1. The Morgan fingerprint density at radius 1 is 1.13 bits per heavy atom. The van der Waals surface area contributed by atoms with Gasteiger partial charge < -0.3 is 19.9 Å². The Hall–Kier alpha value is -4.27. The second-order valence-corrected chi connectivity index (χ2v) is 14.1. The topological polar surface area (TPSA) is 154 Å². The monoisotopic (exact) mass is 661 g/mol. The van der Waals surface area contributed by atoms with Crippen molar-refractivity contribution in [1.29, 1.82) is 0 Å². The van der Waals surface area contributed by atoms with Gasteiger partial charge in [0, 0.05) is 43.8 Å². The minimum atomic E-state index is -5.08. The fourth-order valence-electron chi connectivity index (χ4n) is 5.70. The zero-order valence-corrected chi connectivity index (χ0v) is 26.5. The van der Waals surface area contributed by atoms with E-state index < -0.39 is 22.0 Å². The van der Waals surface area contributed by atoms with Crippen LogP contribution in [0, 0.1) is 12.8 Å². The molecule has 3 aliphatic rings. The normalized spacial score (nSPS) is 17.1. The molecule has 0 radical (unpaired) electrons. The van der Waals surface area contributed by atoms with Crippen molar-refractivity contribution in [3.05, 3.63) is 53.0 Å². The number of aliphatic carboxylic acids is 1. The minimum Gasteiger partial charge on any atom is -0.475 e. The molecule has 3 aromatic rings. The summed E-state index contributed by atoms with van der Waals surface area (Å²) in [6.07, 6.45) is 3.07. The molecule has 1 atom stereocenters. The van der Waals surface area contributed by atoms with Crippen LogP contribution in [0.4, 0.5) is 13.2 Å². The molecule has 0 unspecified atom stereocenters. The number of rotatable bonds is 7. The first-order valence-corrected chi connectivity index (χ1v) is 16.6. The average molecular weight is 662 g/mol. The number of alkyl halides is 3. The van der Waals surface area contributed by atoms with Crippen LogP contribution in [-0.4, -0.2) is 87.6 Å². The zero-order valence-electron chi connectivity index (χ0n) is 25.7. The second kappa shape index (κ2) is 12.2. The molecule has 46 heavy (non-hydrogen) atoms. The third kappa shape index (κ3) is 6.64. The Morgan fingerprint density at radius 3 is 2.33 bits per heavy atom. The molecule has 2 aliphatic carbocycles. The molecular formula is C31H34F3N5O6S. The molecule has 1 aromatic carbocycles. The number of carbonyl (C=O) groups excluding carboxylic acids is 2. The highest BCUT2D eigenvalue weighted by atomic mass is 32.2. The number of sulfone groups is 1. The summed E-state index contributed by atoms with van der Waals surface area (Å²) in [5.74, 6) is -2.12. The first kappa shape index (κ1) is 33.1. The maximum Gasteiger partial charge on any atom is 0.490 e. The van der Waals surface area contributed by atoms with Gasteiger partial charge in [-0.15, -0.1) is 0 Å². The Bertz CT molecular complexity index is 1810. The summed E-state index contributed by atoms with van der Waals surface area (Å²) in [6, 6.07) is 7.48. The van der Waals surface area contributed by atoms with Gasteiger partial charge in [-0.3, -0.25) is 14.6 Å². The highest BCUT2D eigenvalue weighted by molar-refractivity contribution is 7.90. The third-order valence-corrected chi connectivity index (χ3v) is 9.92. The molecule has 15 heteroatoms. The van der Waals surface area contributed by atoms with Gasteiger partial charge in [-0.25, -0.2) is 18.2 Å². The van der Waals surface area contributed by atoms with Crippen LogP contribution in [0.1, 0.15) is 71.1 Å². The molecular weight excluding hydrogens is 627 g/mol. The van der Waals surface area contributed by atoms with Crippen LogP contribution in [0.15, 0.2) is 35.4 Å². The summed E-state index contributed by atoms with van der Waals surface area (Å²) in [7, 11) is -1.83. The molecule has 0 saturated heterocycles. The van der Waals surface area contributed by atoms with Gasteiger partial charge in [0.1, 0.15) is 11.4 Å². The summed E-state index contributed by atoms with van der Waals surface area (Å²) in [4.78, 5) is 51.2. The number of pyridine rings is 1. The molecule has 3 heterocycles. The van der Waals surface area contributed by atoms with Crippen LogP contribution in [-0.2, 0) is 21.2 Å². The van der Waals surface area contributed by atoms with Crippen LogP contribution in [0.2, 0.25) is 0 Å². The molecule has 0 bridgehead atoms. The molecule has 6 rings (SSSR count). The van der Waals surface area contributed by atoms with E-state index in [4.69, 9.17) is 9.90 Å². The molecule has 2 amide bonds. The molecule has 2 N–H and O–H groups in total. The van der Waals surface area contributed by atoms with Crippen molar-refractivity contribution in [3.8, 4) is 22.6 Å². The lowest BCUT2D eigenvalue weighted by molar-refractivity contribution is -0.192. The van der Waals surface area contributed by atoms with Gasteiger partial charge >= 0.3 is 12.1 Å². The smallest absolute Gasteiger partial charge is 0.475 e. The summed E-state index contributed by atoms with van der Waals surface area (Å²) < 4.78 is 57.4. The maximum atomic E-state index is 13.3. The van der Waals surface area contributed by atoms with E-state index >= 15 is 0 Å². The van der Waals surface area contributed by atoms with Crippen molar-refractivity contribution >= 4 is 27.6 Å². The number of carboxylic acid groups (broad SMARTS) is 1. The maximum absolute atomic E-state index is 13.3. The number of H-pyrrole nitrogens is 1. The Kier molecular flexibility index (Phi) is 8.75. The van der Waals surface area contributed by atoms with E-state index in [1.807, 2.05) is 44.0 Å². The number of aromatic amines is 1. The number of hydrogen-bond donors (Lipinski definition) is 2. The highest BCUT2D eigenvalue weighted by Crippen LogP contribution is 2.41. The summed E-state index contributed by atoms with van der Waals surface area (Å²) >= 11 is 0. The van der Waals surface area contributed by atoms with Gasteiger partial charge in [-0.1, -0.05) is 0 Å². The number of nitrogens with one attached hydrogen (secondary N) is 1. The van der Waals surface area contributed by atoms with Crippen molar-refractivity contribution in [1.82, 2.24) is 24.8 Å². The summed E-state index contributed by atoms with van der Waals surface area (Å²) in [6.45, 7) is 4.27. The molecule has 11 nitrogen and oxygen atoms in total. The van der Waals surface area contributed by atoms with E-state index in [1.165, 1.54) is 0 Å². The van der Waals surface area contributed by atoms with Crippen molar-refractivity contribution in [2.45, 2.75) is 75.7 Å². The van der Waals surface area contributed by atoms with E-state index in [-0.39, 0.29) is 28.8 Å². The number of carbonyl (C=O) groups is 3. The van der Waals surface area contributed by atoms with Crippen molar-refractivity contribution in [2.24, 2.45) is 5.92 Å². The standard InChI is InChI=1S/C29H33N5O4S.C2HF3O2/c1-16-26(29(36)33(3)22-6-5-7-22)32-27(31-16)23-13-19(10-11-30-23)20-12-21-15-34(17(2)18-8-9-18)28(35)25(21)24(14-20)39(4,37)38;3-2(4,5)1(6)7/h10-14,17-18,22H,5-9,15H2,1-4H3,(H,31,32);(H,6,7)/t17-;/m0./s1. The number of amides is 2. The van der Waals surface area contributed by atoms with Crippen LogP contribution in [0.25, 0.3) is 22.6 Å². The minimum absolute atomic E-state index is 0.0598. The molecule has 2 saturated carbocycles. The fraction of sp³-hybridized carbons (Fsp3) is 0.452. The summed E-state index contributed by atoms with van der Waals surface area (Å²) in [5.41, 5.74) is 4.06. The number of carboxylic acids is 1. The number of halogens is 3. The number of aromatic nitrogens is 3. The van der Waals surface area contributed by atoms with E-state index in [1.54, 1.807) is 17.2 Å². The van der Waals surface area contributed by atoms with E-state index in [2.05, 4.69) is 15.0 Å². The van der Waals surface area contributed by atoms with E-state index in [9.17, 15) is 31.2 Å². The molecule has 246 valence electrons. The fourth-order valence-corrected chi connectivity index (χ4v) is 6.63. The van der Waals surface area contributed by atoms with Gasteiger partial charge in [-0.2, -0.15) is 13.2 Å². The Balaban J connectivity index is 0.000000537. The predicted octanol–water partition coefficient (Wildman–Crippen LogP) is 4.86. The lowest BCUT2D eigenvalue weighted by Gasteiger charge is -2.34. The average Bonchev–Trinajstić information content (AvgIpc) is 3.66. The number of nitrogens with zero attached hydrogens (tertiary/aromatic N) is 4. The van der Waals surface area contributed by atoms with Crippen LogP contribution in [0.5, 0.6) is 0 Å². The summed E-state index contributed by atoms with van der Waals surface area (Å²) in [5, 5.41) is 7.12. The Labute approximate surface area is 263 Å². The van der Waals surface area contributed by atoms with Crippen molar-refractivity contribution < 1.29 is 41.1 Å². The third-order valence-electron chi connectivity index (χ3n) is 8.80. The van der Waals surface area contributed by atoms with Gasteiger partial charge in [0.25, 0.3) is 11.8 Å². The van der Waals surface area contributed by atoms with Crippen LogP contribution in [0.3, 0.4) is 0 Å². The molecule has 1 aliphatic heterocycles. The van der Waals surface area contributed by atoms with Crippen molar-refractivity contribution in [3.63, 3.8) is 0 Å². The first-order chi connectivity index (χ1) is 21.5. The highest BCUT2D eigenvalue weighted by Gasteiger charge is 2.41. The predicted molar refractivity (Wildman–Crippen MR) is 161 cm³/mol. The molecule has 2 aromatic heterocycles. The lowest BCUT2D eigenvalue weighted by atomic mass is 9.91. The molecule has 2 fully saturated rings. The van der Waals surface area contributed by atoms with Crippen LogP contribution >= 0.6 is 0 Å². The van der Waals surface area contributed by atoms with E-state index in [0.29, 0.717) is 46.5 Å². The lowest BCUT2D eigenvalue weighted by Crippen LogP contribution is -2.41. The Morgan fingerprint density at radius 2 is 1.78 bits per heavy atom. The molecule has 0 spiro atoms. The SMILES string of the molecule is Cc1[nH]c(-c2cc(-c3cc4c(c(S(C)(=O)=O)c3)C(=O)N([C@@H](C)C3CC3)C4)ccn2)nc1C(=O)N(C)C1CCC1.O=C(O)C(F)(F)F. The first-order valence-electron chi connectivity index (χ1n) is 14.8. The number of imidazole rings is 1.